The van der Waals surface area contributed by atoms with Crippen LogP contribution in [0, 0.1) is 5.92 Å². The number of nitrogens with zero attached hydrogens (tertiary/aromatic N) is 1. The van der Waals surface area contributed by atoms with Crippen LogP contribution in [-0.2, 0) is 14.4 Å². The van der Waals surface area contributed by atoms with E-state index in [0.29, 0.717) is 19.5 Å². The van der Waals surface area contributed by atoms with Gasteiger partial charge in [-0.1, -0.05) is 12.8 Å². The van der Waals surface area contributed by atoms with Crippen LogP contribution in [-0.4, -0.2) is 46.9 Å². The number of rotatable bonds is 5. The first kappa shape index (κ1) is 15.8. The Labute approximate surface area is 124 Å². The Morgan fingerprint density at radius 2 is 1.71 bits per heavy atom. The lowest BCUT2D eigenvalue weighted by atomic mass is 10.0. The van der Waals surface area contributed by atoms with E-state index < -0.39 is 12.0 Å². The summed E-state index contributed by atoms with van der Waals surface area (Å²) < 4.78 is 0. The van der Waals surface area contributed by atoms with Crippen molar-refractivity contribution >= 4 is 17.8 Å². The predicted molar refractivity (Wildman–Crippen MR) is 76.6 cm³/mol. The van der Waals surface area contributed by atoms with E-state index in [1.165, 1.54) is 4.90 Å². The molecule has 6 nitrogen and oxygen atoms in total. The van der Waals surface area contributed by atoms with Crippen LogP contribution >= 0.6 is 0 Å². The Balaban J connectivity index is 1.75. The highest BCUT2D eigenvalue weighted by Gasteiger charge is 2.31. The average Bonchev–Trinajstić information content (AvgIpc) is 3.01. The lowest BCUT2D eigenvalue weighted by Crippen LogP contribution is -2.48. The Hall–Kier alpha value is -1.59. The standard InChI is InChI=1S/C15H24N2O4/c18-13(17-10-4-3-7-12(17)15(20)21)8-9-16-14(19)11-5-1-2-6-11/h11-12H,1-10H2,(H,16,19)(H,20,21)/t12-/m0/s1. The number of carboxylic acids is 1. The molecule has 1 aliphatic heterocycles. The van der Waals surface area contributed by atoms with Gasteiger partial charge in [-0.05, 0) is 32.1 Å². The Bertz CT molecular complexity index is 404. The molecule has 0 spiro atoms. The number of nitrogens with one attached hydrogen (secondary N) is 1. The Morgan fingerprint density at radius 3 is 2.38 bits per heavy atom. The predicted octanol–water partition coefficient (Wildman–Crippen LogP) is 1.15. The number of hydrogen-bond acceptors (Lipinski definition) is 3. The second kappa shape index (κ2) is 7.43. The van der Waals surface area contributed by atoms with E-state index in [0.717, 1.165) is 38.5 Å². The van der Waals surface area contributed by atoms with Gasteiger partial charge in [0.05, 0.1) is 0 Å². The average molecular weight is 296 g/mol. The molecule has 0 aromatic carbocycles. The molecule has 2 amide bonds. The van der Waals surface area contributed by atoms with E-state index in [9.17, 15) is 14.4 Å². The molecule has 2 rings (SSSR count). The zero-order chi connectivity index (χ0) is 15.2. The first-order valence-corrected chi connectivity index (χ1v) is 7.89. The van der Waals surface area contributed by atoms with Crippen LogP contribution in [0.3, 0.4) is 0 Å². The normalized spacial score (nSPS) is 23.0. The molecule has 1 aliphatic carbocycles. The van der Waals surface area contributed by atoms with Crippen LogP contribution in [0.1, 0.15) is 51.4 Å². The van der Waals surface area contributed by atoms with Gasteiger partial charge >= 0.3 is 5.97 Å². The van der Waals surface area contributed by atoms with Crippen molar-refractivity contribution in [3.8, 4) is 0 Å². The molecule has 0 bridgehead atoms. The van der Waals surface area contributed by atoms with Crippen LogP contribution in [0.2, 0.25) is 0 Å². The maximum Gasteiger partial charge on any atom is 0.326 e. The van der Waals surface area contributed by atoms with Gasteiger partial charge in [0, 0.05) is 25.4 Å². The summed E-state index contributed by atoms with van der Waals surface area (Å²) in [5.74, 6) is -0.970. The zero-order valence-electron chi connectivity index (χ0n) is 12.3. The van der Waals surface area contributed by atoms with Crippen molar-refractivity contribution in [3.63, 3.8) is 0 Å². The number of carbonyl (C=O) groups excluding carboxylic acids is 2. The summed E-state index contributed by atoms with van der Waals surface area (Å²) in [5, 5.41) is 12.0. The van der Waals surface area contributed by atoms with Crippen molar-refractivity contribution in [2.45, 2.75) is 57.4 Å². The second-order valence-corrected chi connectivity index (χ2v) is 5.96. The Kier molecular flexibility index (Phi) is 5.59. The van der Waals surface area contributed by atoms with E-state index >= 15 is 0 Å². The number of amides is 2. The number of carboxylic acid groups (broad SMARTS) is 1. The fourth-order valence-electron chi connectivity index (χ4n) is 3.26. The van der Waals surface area contributed by atoms with Gasteiger partial charge in [-0.15, -0.1) is 0 Å². The maximum absolute atomic E-state index is 12.1. The van der Waals surface area contributed by atoms with Crippen molar-refractivity contribution in [1.82, 2.24) is 10.2 Å². The molecule has 21 heavy (non-hydrogen) atoms. The highest BCUT2D eigenvalue weighted by Crippen LogP contribution is 2.24. The summed E-state index contributed by atoms with van der Waals surface area (Å²) in [6, 6.07) is -0.697. The number of hydrogen-bond donors (Lipinski definition) is 2. The summed E-state index contributed by atoms with van der Waals surface area (Å²) in [4.78, 5) is 36.6. The van der Waals surface area contributed by atoms with Crippen LogP contribution in [0.15, 0.2) is 0 Å². The van der Waals surface area contributed by atoms with Gasteiger partial charge < -0.3 is 15.3 Å². The number of carbonyl (C=O) groups is 3. The van der Waals surface area contributed by atoms with Crippen molar-refractivity contribution in [1.29, 1.82) is 0 Å². The molecular weight excluding hydrogens is 272 g/mol. The van der Waals surface area contributed by atoms with E-state index in [1.54, 1.807) is 0 Å². The zero-order valence-corrected chi connectivity index (χ0v) is 12.3. The minimum Gasteiger partial charge on any atom is -0.480 e. The summed E-state index contributed by atoms with van der Waals surface area (Å²) in [5.41, 5.74) is 0. The van der Waals surface area contributed by atoms with Crippen molar-refractivity contribution in [2.75, 3.05) is 13.1 Å². The number of piperidine rings is 1. The lowest BCUT2D eigenvalue weighted by Gasteiger charge is -2.33. The highest BCUT2D eigenvalue weighted by atomic mass is 16.4. The quantitative estimate of drug-likeness (QED) is 0.796. The molecule has 1 saturated heterocycles. The monoisotopic (exact) mass is 296 g/mol. The Morgan fingerprint density at radius 1 is 1.05 bits per heavy atom. The lowest BCUT2D eigenvalue weighted by molar-refractivity contribution is -0.152. The summed E-state index contributed by atoms with van der Waals surface area (Å²) in [6.45, 7) is 0.809. The molecule has 118 valence electrons. The van der Waals surface area contributed by atoms with E-state index in [4.69, 9.17) is 5.11 Å². The van der Waals surface area contributed by atoms with Gasteiger partial charge in [-0.2, -0.15) is 0 Å². The number of aliphatic carboxylic acids is 1. The van der Waals surface area contributed by atoms with Crippen LogP contribution in [0.25, 0.3) is 0 Å². The van der Waals surface area contributed by atoms with E-state index in [1.807, 2.05) is 0 Å². The fourth-order valence-corrected chi connectivity index (χ4v) is 3.26. The first-order valence-electron chi connectivity index (χ1n) is 7.89. The third kappa shape index (κ3) is 4.19. The van der Waals surface area contributed by atoms with Crippen LogP contribution in [0.5, 0.6) is 0 Å². The molecule has 0 radical (unpaired) electrons. The number of likely N-dealkylation sites (tertiary alicyclic amines) is 1. The SMILES string of the molecule is O=C(NCCC(=O)N1CCCC[C@H]1C(=O)O)C1CCCC1. The van der Waals surface area contributed by atoms with Gasteiger partial charge in [-0.25, -0.2) is 4.79 Å². The molecule has 6 heteroatoms. The van der Waals surface area contributed by atoms with Crippen molar-refractivity contribution in [3.05, 3.63) is 0 Å². The van der Waals surface area contributed by atoms with Gasteiger partial charge in [0.25, 0.3) is 0 Å². The second-order valence-electron chi connectivity index (χ2n) is 5.96. The van der Waals surface area contributed by atoms with Gasteiger partial charge in [0.1, 0.15) is 6.04 Å². The van der Waals surface area contributed by atoms with Gasteiger partial charge in [0.2, 0.25) is 11.8 Å². The van der Waals surface area contributed by atoms with E-state index in [2.05, 4.69) is 5.32 Å². The summed E-state index contributed by atoms with van der Waals surface area (Å²) >= 11 is 0. The van der Waals surface area contributed by atoms with Crippen LogP contribution < -0.4 is 5.32 Å². The molecule has 2 aliphatic rings. The summed E-state index contributed by atoms with van der Waals surface area (Å²) in [7, 11) is 0. The molecule has 1 atom stereocenters. The third-order valence-corrected chi connectivity index (χ3v) is 4.47. The van der Waals surface area contributed by atoms with Crippen molar-refractivity contribution in [2.24, 2.45) is 5.92 Å². The molecule has 1 saturated carbocycles. The molecule has 1 heterocycles. The molecule has 2 fully saturated rings. The van der Waals surface area contributed by atoms with Gasteiger partial charge in [0.15, 0.2) is 0 Å². The molecule has 0 aromatic heterocycles. The molecule has 2 N–H and O–H groups in total. The molecule has 0 aromatic rings. The largest absolute Gasteiger partial charge is 0.480 e. The summed E-state index contributed by atoms with van der Waals surface area (Å²) in [6.07, 6.45) is 6.48. The van der Waals surface area contributed by atoms with Crippen LogP contribution in [0.4, 0.5) is 0 Å². The van der Waals surface area contributed by atoms with Gasteiger partial charge in [-0.3, -0.25) is 9.59 Å². The van der Waals surface area contributed by atoms with Crippen molar-refractivity contribution < 1.29 is 19.5 Å². The topological polar surface area (TPSA) is 86.7 Å². The highest BCUT2D eigenvalue weighted by molar-refractivity contribution is 5.84. The molecule has 0 unspecified atom stereocenters. The molecular formula is C15H24N2O4. The minimum absolute atomic E-state index is 0.0359. The minimum atomic E-state index is -0.932. The first-order chi connectivity index (χ1) is 10.1. The third-order valence-electron chi connectivity index (χ3n) is 4.47. The fraction of sp³-hybridized carbons (Fsp3) is 0.800. The van der Waals surface area contributed by atoms with E-state index in [-0.39, 0.29) is 24.2 Å². The maximum atomic E-state index is 12.1. The smallest absolute Gasteiger partial charge is 0.326 e.